The zero-order valence-electron chi connectivity index (χ0n) is 10.0. The summed E-state index contributed by atoms with van der Waals surface area (Å²) < 4.78 is 33.4. The second-order valence-electron chi connectivity index (χ2n) is 3.37. The molecular formula is C12H11F2NO4. The minimum atomic E-state index is -3.13. The molecule has 1 N–H and O–H groups in total. The maximum atomic E-state index is 12.3. The lowest BCUT2D eigenvalue weighted by Gasteiger charge is -2.13. The largest absolute Gasteiger partial charge is 0.462 e. The SMILES string of the molecule is CCOC(=O)c1cc(C#N)cc(OC(F)F)c1CO. The molecule has 0 amide bonds. The molecule has 0 unspecified atom stereocenters. The topological polar surface area (TPSA) is 79.6 Å². The Bertz CT molecular complexity index is 511. The summed E-state index contributed by atoms with van der Waals surface area (Å²) in [5, 5.41) is 18.0. The van der Waals surface area contributed by atoms with Crippen LogP contribution in [0, 0.1) is 11.3 Å². The fourth-order valence-corrected chi connectivity index (χ4v) is 1.47. The number of rotatable bonds is 5. The Morgan fingerprint density at radius 1 is 1.53 bits per heavy atom. The number of carbonyl (C=O) groups is 1. The van der Waals surface area contributed by atoms with E-state index < -0.39 is 24.9 Å². The first kappa shape index (κ1) is 14.9. The van der Waals surface area contributed by atoms with Gasteiger partial charge in [-0.1, -0.05) is 0 Å². The maximum absolute atomic E-state index is 12.3. The van der Waals surface area contributed by atoms with Crippen molar-refractivity contribution in [2.24, 2.45) is 0 Å². The molecule has 0 aliphatic rings. The van der Waals surface area contributed by atoms with Gasteiger partial charge < -0.3 is 14.6 Å². The lowest BCUT2D eigenvalue weighted by Crippen LogP contribution is -2.12. The van der Waals surface area contributed by atoms with Gasteiger partial charge in [-0.05, 0) is 19.1 Å². The molecule has 0 aromatic heterocycles. The normalized spacial score (nSPS) is 10.1. The summed E-state index contributed by atoms with van der Waals surface area (Å²) in [6.45, 7) is -2.18. The molecule has 0 heterocycles. The Labute approximate surface area is 108 Å². The highest BCUT2D eigenvalue weighted by Crippen LogP contribution is 2.27. The summed E-state index contributed by atoms with van der Waals surface area (Å²) >= 11 is 0. The Balaban J connectivity index is 3.35. The molecule has 0 saturated carbocycles. The number of alkyl halides is 2. The zero-order valence-corrected chi connectivity index (χ0v) is 10.0. The van der Waals surface area contributed by atoms with Gasteiger partial charge >= 0.3 is 12.6 Å². The predicted molar refractivity (Wildman–Crippen MR) is 59.7 cm³/mol. The van der Waals surface area contributed by atoms with E-state index in [-0.39, 0.29) is 23.3 Å². The van der Waals surface area contributed by atoms with Gasteiger partial charge in [0, 0.05) is 5.56 Å². The molecule has 1 aromatic rings. The molecule has 102 valence electrons. The fraction of sp³-hybridized carbons (Fsp3) is 0.333. The number of ether oxygens (including phenoxy) is 2. The van der Waals surface area contributed by atoms with Gasteiger partial charge in [-0.15, -0.1) is 0 Å². The first-order valence-electron chi connectivity index (χ1n) is 5.33. The van der Waals surface area contributed by atoms with Crippen LogP contribution in [0.5, 0.6) is 5.75 Å². The Morgan fingerprint density at radius 3 is 2.68 bits per heavy atom. The number of halogens is 2. The first-order chi connectivity index (χ1) is 9.03. The minimum absolute atomic E-state index is 0.0455. The second-order valence-corrected chi connectivity index (χ2v) is 3.37. The molecule has 0 saturated heterocycles. The second kappa shape index (κ2) is 6.66. The highest BCUT2D eigenvalue weighted by Gasteiger charge is 2.20. The van der Waals surface area contributed by atoms with E-state index in [1.807, 2.05) is 0 Å². The quantitative estimate of drug-likeness (QED) is 0.826. The molecule has 0 spiro atoms. The van der Waals surface area contributed by atoms with E-state index in [1.165, 1.54) is 0 Å². The summed E-state index contributed by atoms with van der Waals surface area (Å²) in [6.07, 6.45) is 0. The molecule has 0 fully saturated rings. The number of hydrogen-bond acceptors (Lipinski definition) is 5. The van der Waals surface area contributed by atoms with E-state index in [2.05, 4.69) is 4.74 Å². The summed E-state index contributed by atoms with van der Waals surface area (Å²) in [5.74, 6) is -1.23. The third-order valence-electron chi connectivity index (χ3n) is 2.21. The predicted octanol–water partition coefficient (Wildman–Crippen LogP) is 1.83. The van der Waals surface area contributed by atoms with Crippen LogP contribution in [0.15, 0.2) is 12.1 Å². The Morgan fingerprint density at radius 2 is 2.21 bits per heavy atom. The lowest BCUT2D eigenvalue weighted by molar-refractivity contribution is -0.0510. The molecular weight excluding hydrogens is 260 g/mol. The molecule has 0 atom stereocenters. The molecule has 5 nitrogen and oxygen atoms in total. The van der Waals surface area contributed by atoms with Crippen molar-refractivity contribution in [1.82, 2.24) is 0 Å². The van der Waals surface area contributed by atoms with Crippen molar-refractivity contribution < 1.29 is 28.2 Å². The molecule has 1 rings (SSSR count). The van der Waals surface area contributed by atoms with Gasteiger partial charge in [0.15, 0.2) is 0 Å². The number of benzene rings is 1. The number of nitriles is 1. The van der Waals surface area contributed by atoms with Crippen LogP contribution in [-0.2, 0) is 11.3 Å². The van der Waals surface area contributed by atoms with Crippen molar-refractivity contribution in [1.29, 1.82) is 5.26 Å². The summed E-state index contributed by atoms with van der Waals surface area (Å²) in [7, 11) is 0. The molecule has 7 heteroatoms. The van der Waals surface area contributed by atoms with Crippen molar-refractivity contribution in [3.05, 3.63) is 28.8 Å². The van der Waals surface area contributed by atoms with Crippen molar-refractivity contribution in [3.63, 3.8) is 0 Å². The van der Waals surface area contributed by atoms with Crippen LogP contribution >= 0.6 is 0 Å². The Kier molecular flexibility index (Phi) is 5.21. The minimum Gasteiger partial charge on any atom is -0.462 e. The number of aliphatic hydroxyl groups is 1. The van der Waals surface area contributed by atoms with Gasteiger partial charge in [0.05, 0.1) is 30.4 Å². The molecule has 0 radical (unpaired) electrons. The van der Waals surface area contributed by atoms with Crippen LogP contribution in [0.1, 0.15) is 28.4 Å². The number of esters is 1. The highest BCUT2D eigenvalue weighted by atomic mass is 19.3. The van der Waals surface area contributed by atoms with Crippen LogP contribution in [0.4, 0.5) is 8.78 Å². The van der Waals surface area contributed by atoms with Crippen molar-refractivity contribution in [3.8, 4) is 11.8 Å². The third kappa shape index (κ3) is 3.63. The first-order valence-corrected chi connectivity index (χ1v) is 5.33. The molecule has 0 aliphatic carbocycles. The van der Waals surface area contributed by atoms with Gasteiger partial charge in [0.25, 0.3) is 0 Å². The standard InChI is InChI=1S/C12H11F2NO4/c1-2-18-11(17)8-3-7(5-15)4-10(9(8)6-16)19-12(13)14/h3-4,12,16H,2,6H2,1H3. The molecule has 0 bridgehead atoms. The van der Waals surface area contributed by atoms with Crippen LogP contribution in [-0.4, -0.2) is 24.3 Å². The number of carbonyl (C=O) groups excluding carboxylic acids is 1. The van der Waals surface area contributed by atoms with Gasteiger partial charge in [-0.3, -0.25) is 0 Å². The van der Waals surface area contributed by atoms with E-state index in [4.69, 9.17) is 10.00 Å². The van der Waals surface area contributed by atoms with Crippen LogP contribution in [0.25, 0.3) is 0 Å². The van der Waals surface area contributed by atoms with E-state index in [1.54, 1.807) is 13.0 Å². The van der Waals surface area contributed by atoms with Crippen molar-refractivity contribution in [2.45, 2.75) is 20.1 Å². The third-order valence-corrected chi connectivity index (χ3v) is 2.21. The summed E-state index contributed by atoms with van der Waals surface area (Å²) in [4.78, 5) is 11.6. The van der Waals surface area contributed by atoms with Crippen LogP contribution in [0.3, 0.4) is 0 Å². The van der Waals surface area contributed by atoms with Gasteiger partial charge in [-0.25, -0.2) is 4.79 Å². The molecule has 0 aliphatic heterocycles. The van der Waals surface area contributed by atoms with E-state index >= 15 is 0 Å². The van der Waals surface area contributed by atoms with E-state index in [9.17, 15) is 18.7 Å². The smallest absolute Gasteiger partial charge is 0.387 e. The number of nitrogens with zero attached hydrogens (tertiary/aromatic N) is 1. The van der Waals surface area contributed by atoms with Gasteiger partial charge in [0.1, 0.15) is 5.75 Å². The maximum Gasteiger partial charge on any atom is 0.387 e. The van der Waals surface area contributed by atoms with Gasteiger partial charge in [0.2, 0.25) is 0 Å². The van der Waals surface area contributed by atoms with Crippen LogP contribution in [0.2, 0.25) is 0 Å². The van der Waals surface area contributed by atoms with E-state index in [0.29, 0.717) is 0 Å². The summed E-state index contributed by atoms with van der Waals surface area (Å²) in [5.41, 5.74) is -0.354. The van der Waals surface area contributed by atoms with Crippen molar-refractivity contribution >= 4 is 5.97 Å². The fourth-order valence-electron chi connectivity index (χ4n) is 1.47. The number of aliphatic hydroxyl groups excluding tert-OH is 1. The monoisotopic (exact) mass is 271 g/mol. The lowest BCUT2D eigenvalue weighted by atomic mass is 10.0. The summed E-state index contributed by atoms with van der Waals surface area (Å²) in [6, 6.07) is 3.90. The molecule has 1 aromatic carbocycles. The average Bonchev–Trinajstić information content (AvgIpc) is 2.37. The zero-order chi connectivity index (χ0) is 14.4. The molecule has 19 heavy (non-hydrogen) atoms. The van der Waals surface area contributed by atoms with Gasteiger partial charge in [-0.2, -0.15) is 14.0 Å². The van der Waals surface area contributed by atoms with Crippen LogP contribution < -0.4 is 4.74 Å². The average molecular weight is 271 g/mol. The highest BCUT2D eigenvalue weighted by molar-refractivity contribution is 5.92. The Hall–Kier alpha value is -2.20. The van der Waals surface area contributed by atoms with Crippen molar-refractivity contribution in [2.75, 3.05) is 6.61 Å². The van der Waals surface area contributed by atoms with E-state index in [0.717, 1.165) is 12.1 Å². The number of hydrogen-bond donors (Lipinski definition) is 1.